The van der Waals surface area contributed by atoms with Gasteiger partial charge in [0.25, 0.3) is 6.01 Å². The van der Waals surface area contributed by atoms with Crippen LogP contribution >= 0.6 is 0 Å². The lowest BCUT2D eigenvalue weighted by Crippen LogP contribution is -1.83. The summed E-state index contributed by atoms with van der Waals surface area (Å²) in [5, 5.41) is 7.82. The molecule has 0 unspecified atom stereocenters. The van der Waals surface area contributed by atoms with Gasteiger partial charge in [0.05, 0.1) is 5.52 Å². The lowest BCUT2D eigenvalue weighted by Gasteiger charge is -2.01. The highest BCUT2D eigenvalue weighted by atomic mass is 16.4. The Morgan fingerprint density at radius 1 is 1.00 bits per heavy atom. The second-order valence-corrected chi connectivity index (χ2v) is 4.60. The molecule has 0 saturated carbocycles. The Labute approximate surface area is 113 Å². The largest absolute Gasteiger partial charge is 0.424 e. The molecule has 6 nitrogen and oxygen atoms in total. The van der Waals surface area contributed by atoms with Gasteiger partial charge in [0.1, 0.15) is 5.52 Å². The third-order valence-electron chi connectivity index (χ3n) is 3.33. The number of nitrogens with two attached hydrogens (primary N) is 2. The summed E-state index contributed by atoms with van der Waals surface area (Å²) < 4.78 is 5.35. The summed E-state index contributed by atoms with van der Waals surface area (Å²) in [7, 11) is 0. The Bertz CT molecular complexity index is 928. The van der Waals surface area contributed by atoms with Crippen LogP contribution in [-0.2, 0) is 0 Å². The topological polar surface area (TPSA) is 107 Å². The molecule has 4 aromatic rings. The average molecular weight is 265 g/mol. The predicted molar refractivity (Wildman–Crippen MR) is 77.9 cm³/mol. The Kier molecular flexibility index (Phi) is 2.03. The van der Waals surface area contributed by atoms with Crippen LogP contribution in [0, 0.1) is 0 Å². The number of aromatic amines is 1. The molecule has 0 fully saturated rings. The Hall–Kier alpha value is -3.02. The van der Waals surface area contributed by atoms with Crippen LogP contribution in [0.4, 0.5) is 11.8 Å². The fraction of sp³-hybridized carbons (Fsp3) is 0. The first kappa shape index (κ1) is 10.9. The Morgan fingerprint density at radius 2 is 1.80 bits per heavy atom. The minimum absolute atomic E-state index is 0.175. The molecule has 0 radical (unpaired) electrons. The molecule has 2 heterocycles. The number of oxazole rings is 1. The summed E-state index contributed by atoms with van der Waals surface area (Å²) in [6.45, 7) is 0. The summed E-state index contributed by atoms with van der Waals surface area (Å²) in [6.07, 6.45) is 0. The fourth-order valence-electron chi connectivity index (χ4n) is 2.34. The summed E-state index contributed by atoms with van der Waals surface area (Å²) in [5.41, 5.74) is 15.7. The van der Waals surface area contributed by atoms with Crippen LogP contribution in [-0.4, -0.2) is 15.2 Å². The lowest BCUT2D eigenvalue weighted by molar-refractivity contribution is 0.626. The van der Waals surface area contributed by atoms with Crippen molar-refractivity contribution >= 4 is 33.8 Å². The summed E-state index contributed by atoms with van der Waals surface area (Å²) in [5.74, 6) is 0.505. The second-order valence-electron chi connectivity index (χ2n) is 4.60. The van der Waals surface area contributed by atoms with Gasteiger partial charge >= 0.3 is 0 Å². The van der Waals surface area contributed by atoms with E-state index in [1.54, 1.807) is 0 Å². The monoisotopic (exact) mass is 265 g/mol. The molecule has 0 atom stereocenters. The molecule has 20 heavy (non-hydrogen) atoms. The zero-order valence-electron chi connectivity index (χ0n) is 10.4. The summed E-state index contributed by atoms with van der Waals surface area (Å²) in [6, 6.07) is 11.9. The number of nitrogens with one attached hydrogen (secondary N) is 1. The van der Waals surface area contributed by atoms with Gasteiger partial charge in [-0.15, -0.1) is 0 Å². The van der Waals surface area contributed by atoms with Gasteiger partial charge < -0.3 is 15.9 Å². The first-order valence-corrected chi connectivity index (χ1v) is 6.11. The number of rotatable bonds is 1. The molecule has 0 bridgehead atoms. The van der Waals surface area contributed by atoms with E-state index in [-0.39, 0.29) is 6.01 Å². The molecule has 2 aromatic carbocycles. The number of H-pyrrole nitrogens is 1. The number of anilines is 2. The van der Waals surface area contributed by atoms with Gasteiger partial charge in [-0.2, -0.15) is 10.1 Å². The maximum Gasteiger partial charge on any atom is 0.292 e. The first-order chi connectivity index (χ1) is 9.70. The van der Waals surface area contributed by atoms with E-state index in [9.17, 15) is 0 Å². The van der Waals surface area contributed by atoms with Crippen LogP contribution in [0.15, 0.2) is 40.8 Å². The van der Waals surface area contributed by atoms with Crippen molar-refractivity contribution in [1.29, 1.82) is 0 Å². The first-order valence-electron chi connectivity index (χ1n) is 6.11. The molecule has 2 aromatic heterocycles. The quantitative estimate of drug-likeness (QED) is 0.490. The highest BCUT2D eigenvalue weighted by molar-refractivity contribution is 5.92. The fourth-order valence-corrected chi connectivity index (χ4v) is 2.34. The number of nitrogen functional groups attached to an aromatic ring is 2. The Balaban J connectivity index is 1.90. The van der Waals surface area contributed by atoms with Gasteiger partial charge in [-0.05, 0) is 35.4 Å². The van der Waals surface area contributed by atoms with E-state index in [1.165, 1.54) is 0 Å². The average Bonchev–Trinajstić information content (AvgIpc) is 3.00. The number of aromatic nitrogens is 3. The van der Waals surface area contributed by atoms with Crippen LogP contribution < -0.4 is 11.5 Å². The van der Waals surface area contributed by atoms with Crippen LogP contribution in [0.2, 0.25) is 0 Å². The third-order valence-corrected chi connectivity index (χ3v) is 3.33. The van der Waals surface area contributed by atoms with E-state index in [0.717, 1.165) is 27.5 Å². The number of hydrogen-bond acceptors (Lipinski definition) is 5. The predicted octanol–water partition coefficient (Wildman–Crippen LogP) is 2.54. The number of fused-ring (bicyclic) bond motifs is 2. The number of benzene rings is 2. The number of nitrogens with zero attached hydrogens (tertiary/aromatic N) is 2. The molecule has 0 aliphatic heterocycles. The van der Waals surface area contributed by atoms with Crippen LogP contribution in [0.3, 0.4) is 0 Å². The van der Waals surface area contributed by atoms with Gasteiger partial charge in [-0.25, -0.2) is 0 Å². The second kappa shape index (κ2) is 3.74. The maximum absolute atomic E-state index is 5.76. The molecule has 0 aliphatic carbocycles. The van der Waals surface area contributed by atoms with Crippen LogP contribution in [0.1, 0.15) is 0 Å². The van der Waals surface area contributed by atoms with Gasteiger partial charge in [0.15, 0.2) is 11.4 Å². The van der Waals surface area contributed by atoms with Crippen molar-refractivity contribution < 1.29 is 4.42 Å². The van der Waals surface area contributed by atoms with Crippen molar-refractivity contribution in [2.75, 3.05) is 11.5 Å². The van der Waals surface area contributed by atoms with E-state index in [0.29, 0.717) is 11.4 Å². The van der Waals surface area contributed by atoms with Gasteiger partial charge in [0.2, 0.25) is 0 Å². The van der Waals surface area contributed by atoms with Crippen molar-refractivity contribution in [3.8, 4) is 11.1 Å². The normalized spacial score (nSPS) is 11.4. The van der Waals surface area contributed by atoms with E-state index < -0.39 is 0 Å². The summed E-state index contributed by atoms with van der Waals surface area (Å²) >= 11 is 0. The molecule has 4 rings (SSSR count). The maximum atomic E-state index is 5.76. The molecule has 0 spiro atoms. The van der Waals surface area contributed by atoms with Crippen molar-refractivity contribution in [2.45, 2.75) is 0 Å². The van der Waals surface area contributed by atoms with Gasteiger partial charge in [-0.3, -0.25) is 5.10 Å². The van der Waals surface area contributed by atoms with Gasteiger partial charge in [0, 0.05) is 5.39 Å². The lowest BCUT2D eigenvalue weighted by atomic mass is 10.0. The number of hydrogen-bond donors (Lipinski definition) is 3. The van der Waals surface area contributed by atoms with E-state index in [4.69, 9.17) is 15.9 Å². The molecule has 0 saturated heterocycles. The smallest absolute Gasteiger partial charge is 0.292 e. The molecule has 0 aliphatic rings. The van der Waals surface area contributed by atoms with Crippen LogP contribution in [0.25, 0.3) is 33.1 Å². The molecular weight excluding hydrogens is 254 g/mol. The SMILES string of the molecule is Nc1nc2ccc(-c3ccc4c(N)n[nH]c4c3)cc2o1. The minimum atomic E-state index is 0.175. The van der Waals surface area contributed by atoms with Crippen molar-refractivity contribution in [1.82, 2.24) is 15.2 Å². The molecule has 0 amide bonds. The van der Waals surface area contributed by atoms with Crippen molar-refractivity contribution in [2.24, 2.45) is 0 Å². The van der Waals surface area contributed by atoms with Crippen molar-refractivity contribution in [3.05, 3.63) is 36.4 Å². The highest BCUT2D eigenvalue weighted by Gasteiger charge is 2.07. The van der Waals surface area contributed by atoms with E-state index >= 15 is 0 Å². The standard InChI is InChI=1S/C14H11N5O/c15-13-9-3-1-7(5-11(9)18-19-13)8-2-4-10-12(6-8)20-14(16)17-10/h1-6H,(H2,16,17)(H3,15,18,19). The molecule has 5 N–H and O–H groups in total. The minimum Gasteiger partial charge on any atom is -0.424 e. The summed E-state index contributed by atoms with van der Waals surface area (Å²) in [4.78, 5) is 4.08. The molecule has 98 valence electrons. The molecule has 6 heteroatoms. The highest BCUT2D eigenvalue weighted by Crippen LogP contribution is 2.28. The zero-order chi connectivity index (χ0) is 13.7. The zero-order valence-corrected chi connectivity index (χ0v) is 10.4. The van der Waals surface area contributed by atoms with Gasteiger partial charge in [-0.1, -0.05) is 12.1 Å². The third kappa shape index (κ3) is 1.51. The van der Waals surface area contributed by atoms with E-state index in [2.05, 4.69) is 15.2 Å². The Morgan fingerprint density at radius 3 is 2.70 bits per heavy atom. The van der Waals surface area contributed by atoms with E-state index in [1.807, 2.05) is 36.4 Å². The van der Waals surface area contributed by atoms with Crippen molar-refractivity contribution in [3.63, 3.8) is 0 Å². The van der Waals surface area contributed by atoms with Crippen LogP contribution in [0.5, 0.6) is 0 Å². The molecular formula is C14H11N5O.